The fraction of sp³-hybridized carbons (Fsp3) is 0.765. The summed E-state index contributed by atoms with van der Waals surface area (Å²) in [5.74, 6) is 1.01. The Morgan fingerprint density at radius 3 is 2.77 bits per heavy atom. The standard InChI is InChI=1S/C17H26N4O/c1-19-12-18-17-14(19)6-9-21(16(22)10-13-4-5-13)15(17)11-20-7-2-3-8-20/h12-13,15H,2-11H2,1H3. The fourth-order valence-electron chi connectivity index (χ4n) is 3.97. The molecule has 120 valence electrons. The highest BCUT2D eigenvalue weighted by molar-refractivity contribution is 5.77. The Morgan fingerprint density at radius 2 is 2.05 bits per heavy atom. The molecule has 1 aliphatic carbocycles. The van der Waals surface area contributed by atoms with Gasteiger partial charge < -0.3 is 14.4 Å². The third-order valence-electron chi connectivity index (χ3n) is 5.48. The van der Waals surface area contributed by atoms with Gasteiger partial charge in [0.25, 0.3) is 0 Å². The Morgan fingerprint density at radius 1 is 1.27 bits per heavy atom. The zero-order chi connectivity index (χ0) is 15.1. The molecular formula is C17H26N4O. The summed E-state index contributed by atoms with van der Waals surface area (Å²) >= 11 is 0. The van der Waals surface area contributed by atoms with Gasteiger partial charge in [-0.1, -0.05) is 0 Å². The zero-order valence-corrected chi connectivity index (χ0v) is 13.5. The largest absolute Gasteiger partial charge is 0.337 e. The van der Waals surface area contributed by atoms with Gasteiger partial charge in [-0.05, 0) is 44.7 Å². The Bertz CT molecular complexity index is 557. The molecule has 1 amide bonds. The van der Waals surface area contributed by atoms with E-state index in [2.05, 4.69) is 26.4 Å². The highest BCUT2D eigenvalue weighted by Crippen LogP contribution is 2.36. The van der Waals surface area contributed by atoms with Crippen LogP contribution in [-0.2, 0) is 18.3 Å². The van der Waals surface area contributed by atoms with E-state index in [9.17, 15) is 4.79 Å². The number of aromatic nitrogens is 2. The van der Waals surface area contributed by atoms with Crippen molar-refractivity contribution in [3.05, 3.63) is 17.7 Å². The minimum absolute atomic E-state index is 0.161. The van der Waals surface area contributed by atoms with Gasteiger partial charge in [-0.15, -0.1) is 0 Å². The molecule has 2 fully saturated rings. The molecule has 4 rings (SSSR count). The molecule has 3 heterocycles. The van der Waals surface area contributed by atoms with Gasteiger partial charge in [0, 0.05) is 38.7 Å². The first-order valence-electron chi connectivity index (χ1n) is 8.74. The number of carbonyl (C=O) groups excluding carboxylic acids is 1. The maximum Gasteiger partial charge on any atom is 0.223 e. The molecule has 1 saturated carbocycles. The number of rotatable bonds is 4. The summed E-state index contributed by atoms with van der Waals surface area (Å²) in [6.07, 6.45) is 8.67. The quantitative estimate of drug-likeness (QED) is 0.851. The Hall–Kier alpha value is -1.36. The molecule has 3 aliphatic rings. The number of carbonyl (C=O) groups is 1. The van der Waals surface area contributed by atoms with Gasteiger partial charge in [0.2, 0.25) is 5.91 Å². The highest BCUT2D eigenvalue weighted by atomic mass is 16.2. The van der Waals surface area contributed by atoms with Crippen LogP contribution >= 0.6 is 0 Å². The number of amides is 1. The predicted octanol–water partition coefficient (Wildman–Crippen LogP) is 1.74. The van der Waals surface area contributed by atoms with Crippen molar-refractivity contribution < 1.29 is 4.79 Å². The van der Waals surface area contributed by atoms with Crippen molar-refractivity contribution >= 4 is 5.91 Å². The van der Waals surface area contributed by atoms with Crippen LogP contribution in [-0.4, -0.2) is 51.4 Å². The van der Waals surface area contributed by atoms with Gasteiger partial charge in [-0.25, -0.2) is 4.98 Å². The lowest BCUT2D eigenvalue weighted by Gasteiger charge is -2.37. The second-order valence-electron chi connectivity index (χ2n) is 7.20. The highest BCUT2D eigenvalue weighted by Gasteiger charge is 2.37. The van der Waals surface area contributed by atoms with Crippen LogP contribution in [0.3, 0.4) is 0 Å². The first-order valence-corrected chi connectivity index (χ1v) is 8.74. The van der Waals surface area contributed by atoms with Crippen molar-refractivity contribution in [2.24, 2.45) is 13.0 Å². The van der Waals surface area contributed by atoms with E-state index in [-0.39, 0.29) is 6.04 Å². The van der Waals surface area contributed by atoms with Crippen LogP contribution in [0.4, 0.5) is 0 Å². The molecular weight excluding hydrogens is 276 g/mol. The molecule has 1 saturated heterocycles. The Balaban J connectivity index is 1.57. The average Bonchev–Trinajstić information content (AvgIpc) is 3.02. The summed E-state index contributed by atoms with van der Waals surface area (Å²) in [6.45, 7) is 4.16. The van der Waals surface area contributed by atoms with Gasteiger partial charge in [-0.2, -0.15) is 0 Å². The lowest BCUT2D eigenvalue weighted by Crippen LogP contribution is -2.45. The van der Waals surface area contributed by atoms with Crippen LogP contribution in [0.25, 0.3) is 0 Å². The summed E-state index contributed by atoms with van der Waals surface area (Å²) in [4.78, 5) is 22.0. The van der Waals surface area contributed by atoms with E-state index in [0.29, 0.717) is 11.8 Å². The Kier molecular flexibility index (Phi) is 3.68. The molecule has 5 heteroatoms. The number of hydrogen-bond acceptors (Lipinski definition) is 3. The van der Waals surface area contributed by atoms with E-state index < -0.39 is 0 Å². The van der Waals surface area contributed by atoms with Crippen LogP contribution in [0.5, 0.6) is 0 Å². The lowest BCUT2D eigenvalue weighted by molar-refractivity contribution is -0.135. The van der Waals surface area contributed by atoms with E-state index in [0.717, 1.165) is 31.6 Å². The minimum Gasteiger partial charge on any atom is -0.337 e. The third kappa shape index (κ3) is 2.67. The molecule has 0 radical (unpaired) electrons. The predicted molar refractivity (Wildman–Crippen MR) is 84.4 cm³/mol. The normalized spacial score (nSPS) is 25.5. The van der Waals surface area contributed by atoms with Crippen molar-refractivity contribution in [2.45, 2.75) is 44.6 Å². The molecule has 1 unspecified atom stereocenters. The molecule has 0 aromatic carbocycles. The van der Waals surface area contributed by atoms with Crippen molar-refractivity contribution in [1.29, 1.82) is 0 Å². The average molecular weight is 302 g/mol. The van der Waals surface area contributed by atoms with Crippen molar-refractivity contribution in [2.75, 3.05) is 26.2 Å². The van der Waals surface area contributed by atoms with Crippen LogP contribution in [0.2, 0.25) is 0 Å². The number of fused-ring (bicyclic) bond motifs is 1. The van der Waals surface area contributed by atoms with Gasteiger partial charge in [0.15, 0.2) is 0 Å². The molecule has 0 spiro atoms. The van der Waals surface area contributed by atoms with Crippen molar-refractivity contribution in [3.8, 4) is 0 Å². The van der Waals surface area contributed by atoms with Crippen molar-refractivity contribution in [3.63, 3.8) is 0 Å². The summed E-state index contributed by atoms with van der Waals surface area (Å²) in [7, 11) is 2.07. The molecule has 0 N–H and O–H groups in total. The van der Waals surface area contributed by atoms with E-state index >= 15 is 0 Å². The van der Waals surface area contributed by atoms with Gasteiger partial charge in [0.05, 0.1) is 18.1 Å². The zero-order valence-electron chi connectivity index (χ0n) is 13.5. The molecule has 1 aromatic rings. The molecule has 0 bridgehead atoms. The van der Waals surface area contributed by atoms with Gasteiger partial charge in [-0.3, -0.25) is 4.79 Å². The van der Waals surface area contributed by atoms with Gasteiger partial charge in [0.1, 0.15) is 0 Å². The second kappa shape index (κ2) is 5.69. The van der Waals surface area contributed by atoms with Crippen molar-refractivity contribution in [1.82, 2.24) is 19.4 Å². The number of likely N-dealkylation sites (tertiary alicyclic amines) is 1. The second-order valence-corrected chi connectivity index (χ2v) is 7.20. The van der Waals surface area contributed by atoms with Crippen LogP contribution in [0.15, 0.2) is 6.33 Å². The number of imidazole rings is 1. The SMILES string of the molecule is Cn1cnc2c1CCN(C(=O)CC1CC1)C2CN1CCCC1. The van der Waals surface area contributed by atoms with Gasteiger partial charge >= 0.3 is 0 Å². The maximum absolute atomic E-state index is 12.7. The first-order chi connectivity index (χ1) is 10.7. The molecule has 1 aromatic heterocycles. The first kappa shape index (κ1) is 14.2. The van der Waals surface area contributed by atoms with Crippen LogP contribution in [0.1, 0.15) is 49.5 Å². The minimum atomic E-state index is 0.161. The van der Waals surface area contributed by atoms with E-state index in [4.69, 9.17) is 0 Å². The van der Waals surface area contributed by atoms with E-state index in [1.54, 1.807) is 0 Å². The topological polar surface area (TPSA) is 41.4 Å². The number of aryl methyl sites for hydroxylation is 1. The molecule has 1 atom stereocenters. The maximum atomic E-state index is 12.7. The van der Waals surface area contributed by atoms with E-state index in [1.807, 2.05) is 6.33 Å². The monoisotopic (exact) mass is 302 g/mol. The third-order valence-corrected chi connectivity index (χ3v) is 5.48. The summed E-state index contributed by atoms with van der Waals surface area (Å²) in [5, 5.41) is 0. The summed E-state index contributed by atoms with van der Waals surface area (Å²) in [6, 6.07) is 0.161. The van der Waals surface area contributed by atoms with E-state index in [1.165, 1.54) is 44.5 Å². The lowest BCUT2D eigenvalue weighted by atomic mass is 10.0. The summed E-state index contributed by atoms with van der Waals surface area (Å²) < 4.78 is 2.13. The number of nitrogens with zero attached hydrogens (tertiary/aromatic N) is 4. The van der Waals surface area contributed by atoms with Crippen LogP contribution in [0, 0.1) is 5.92 Å². The van der Waals surface area contributed by atoms with Crippen LogP contribution < -0.4 is 0 Å². The Labute approximate surface area is 132 Å². The number of hydrogen-bond donors (Lipinski definition) is 0. The summed E-state index contributed by atoms with van der Waals surface area (Å²) in [5.41, 5.74) is 2.46. The molecule has 2 aliphatic heterocycles. The molecule has 22 heavy (non-hydrogen) atoms. The fourth-order valence-corrected chi connectivity index (χ4v) is 3.97. The molecule has 5 nitrogen and oxygen atoms in total. The smallest absolute Gasteiger partial charge is 0.223 e.